The fourth-order valence-corrected chi connectivity index (χ4v) is 3.35. The topological polar surface area (TPSA) is 123 Å². The standard InChI is InChI=1S/C20H24F3N3O5/c1-2-15(17(28)12-3-5-13(6-4-12)18(24)25)26-9-7-14(8-10-26)30-11-16(27)31-19(29)20(21,22)23/h3-6,14-15H,2,7-11H2,1H3,(H3,24,25). The Hall–Kier alpha value is -2.79. The number of Topliss-reactive ketones (excluding diaryl/α,β-unsaturated/α-hetero) is 1. The van der Waals surface area contributed by atoms with Crippen LogP contribution in [-0.4, -0.2) is 66.5 Å². The molecule has 1 aromatic rings. The van der Waals surface area contributed by atoms with Gasteiger partial charge < -0.3 is 15.2 Å². The lowest BCUT2D eigenvalue weighted by Crippen LogP contribution is -2.47. The minimum absolute atomic E-state index is 0.0637. The third kappa shape index (κ3) is 6.86. The Bertz CT molecular complexity index is 818. The van der Waals surface area contributed by atoms with Gasteiger partial charge in [-0.2, -0.15) is 13.2 Å². The summed E-state index contributed by atoms with van der Waals surface area (Å²) in [4.78, 5) is 36.8. The van der Waals surface area contributed by atoms with Crippen LogP contribution in [0.25, 0.3) is 0 Å². The molecule has 170 valence electrons. The molecule has 1 unspecified atom stereocenters. The van der Waals surface area contributed by atoms with E-state index in [0.29, 0.717) is 43.5 Å². The van der Waals surface area contributed by atoms with Gasteiger partial charge in [0.05, 0.1) is 12.1 Å². The lowest BCUT2D eigenvalue weighted by molar-refractivity contribution is -0.203. The molecule has 0 bridgehead atoms. The second-order valence-corrected chi connectivity index (χ2v) is 7.08. The first-order chi connectivity index (χ1) is 14.5. The largest absolute Gasteiger partial charge is 0.491 e. The van der Waals surface area contributed by atoms with Gasteiger partial charge in [-0.05, 0) is 19.3 Å². The van der Waals surface area contributed by atoms with E-state index in [1.807, 2.05) is 11.8 Å². The summed E-state index contributed by atoms with van der Waals surface area (Å²) in [6.07, 6.45) is -4.13. The van der Waals surface area contributed by atoms with Gasteiger partial charge in [-0.3, -0.25) is 15.1 Å². The molecule has 0 radical (unpaired) electrons. The van der Waals surface area contributed by atoms with E-state index in [9.17, 15) is 27.6 Å². The molecule has 0 spiro atoms. The quantitative estimate of drug-likeness (QED) is 0.207. The maximum Gasteiger partial charge on any atom is 0.491 e. The van der Waals surface area contributed by atoms with Crippen molar-refractivity contribution in [2.75, 3.05) is 19.7 Å². The monoisotopic (exact) mass is 443 g/mol. The number of benzene rings is 1. The van der Waals surface area contributed by atoms with Crippen molar-refractivity contribution in [3.63, 3.8) is 0 Å². The fourth-order valence-electron chi connectivity index (χ4n) is 3.35. The van der Waals surface area contributed by atoms with Crippen LogP contribution in [-0.2, 0) is 19.1 Å². The number of nitrogens with two attached hydrogens (primary N) is 1. The van der Waals surface area contributed by atoms with E-state index in [1.165, 1.54) is 0 Å². The van der Waals surface area contributed by atoms with Gasteiger partial charge in [0.15, 0.2) is 5.78 Å². The summed E-state index contributed by atoms with van der Waals surface area (Å²) in [6.45, 7) is 2.13. The maximum atomic E-state index is 12.9. The highest BCUT2D eigenvalue weighted by Crippen LogP contribution is 2.21. The summed E-state index contributed by atoms with van der Waals surface area (Å²) in [6, 6.07) is 6.13. The number of halogens is 3. The van der Waals surface area contributed by atoms with Gasteiger partial charge in [0, 0.05) is 24.2 Å². The van der Waals surface area contributed by atoms with Gasteiger partial charge in [-0.1, -0.05) is 31.2 Å². The fraction of sp³-hybridized carbons (Fsp3) is 0.500. The van der Waals surface area contributed by atoms with Crippen LogP contribution in [0.15, 0.2) is 24.3 Å². The van der Waals surface area contributed by atoms with Crippen molar-refractivity contribution in [1.82, 2.24) is 4.90 Å². The second-order valence-electron chi connectivity index (χ2n) is 7.08. The summed E-state index contributed by atoms with van der Waals surface area (Å²) in [5, 5.41) is 7.41. The molecule has 3 N–H and O–H groups in total. The number of ether oxygens (including phenoxy) is 2. The number of hydrogen-bond acceptors (Lipinski definition) is 7. The predicted octanol–water partition coefficient (Wildman–Crippen LogP) is 2.05. The van der Waals surface area contributed by atoms with E-state index < -0.39 is 30.8 Å². The molecule has 1 aliphatic heterocycles. The number of piperidine rings is 1. The Kier molecular flexibility index (Phi) is 8.28. The van der Waals surface area contributed by atoms with Crippen LogP contribution in [0.4, 0.5) is 13.2 Å². The predicted molar refractivity (Wildman–Crippen MR) is 104 cm³/mol. The molecule has 0 aliphatic carbocycles. The number of carbonyl (C=O) groups excluding carboxylic acids is 3. The Morgan fingerprint density at radius 1 is 1.16 bits per heavy atom. The van der Waals surface area contributed by atoms with Crippen molar-refractivity contribution in [2.24, 2.45) is 5.73 Å². The number of ketones is 1. The van der Waals surface area contributed by atoms with Gasteiger partial charge >= 0.3 is 18.1 Å². The first-order valence-electron chi connectivity index (χ1n) is 9.69. The highest BCUT2D eigenvalue weighted by molar-refractivity contribution is 6.01. The molecule has 0 amide bonds. The molecule has 31 heavy (non-hydrogen) atoms. The minimum atomic E-state index is -5.24. The maximum absolute atomic E-state index is 12.9. The number of nitrogens with one attached hydrogen (secondary N) is 1. The molecule has 8 nitrogen and oxygen atoms in total. The van der Waals surface area contributed by atoms with Crippen LogP contribution in [0.5, 0.6) is 0 Å². The molecule has 2 rings (SSSR count). The highest BCUT2D eigenvalue weighted by Gasteiger charge is 2.42. The highest BCUT2D eigenvalue weighted by atomic mass is 19.4. The zero-order valence-corrected chi connectivity index (χ0v) is 16.9. The third-order valence-corrected chi connectivity index (χ3v) is 4.96. The molecular formula is C20H24F3N3O5. The average Bonchev–Trinajstić information content (AvgIpc) is 2.73. The number of nitrogens with zero attached hydrogens (tertiary/aromatic N) is 1. The lowest BCUT2D eigenvalue weighted by Gasteiger charge is -2.36. The Morgan fingerprint density at radius 3 is 2.19 bits per heavy atom. The number of nitrogen functional groups attached to an aromatic ring is 1. The molecule has 1 aliphatic rings. The van der Waals surface area contributed by atoms with Crippen LogP contribution in [0.1, 0.15) is 42.1 Å². The molecule has 1 saturated heterocycles. The molecule has 1 atom stereocenters. The molecular weight excluding hydrogens is 419 g/mol. The zero-order valence-electron chi connectivity index (χ0n) is 16.9. The summed E-state index contributed by atoms with van der Waals surface area (Å²) < 4.78 is 45.2. The third-order valence-electron chi connectivity index (χ3n) is 4.96. The van der Waals surface area contributed by atoms with Crippen LogP contribution >= 0.6 is 0 Å². The molecule has 11 heteroatoms. The molecule has 1 aromatic carbocycles. The van der Waals surface area contributed by atoms with Gasteiger partial charge in [0.2, 0.25) is 0 Å². The second kappa shape index (κ2) is 10.5. The molecule has 1 fully saturated rings. The van der Waals surface area contributed by atoms with E-state index in [0.717, 1.165) is 0 Å². The van der Waals surface area contributed by atoms with Gasteiger partial charge in [0.1, 0.15) is 12.4 Å². The number of amidine groups is 1. The van der Waals surface area contributed by atoms with Crippen molar-refractivity contribution >= 4 is 23.6 Å². The first kappa shape index (κ1) is 24.5. The summed E-state index contributed by atoms with van der Waals surface area (Å²) in [5.74, 6) is -4.12. The van der Waals surface area contributed by atoms with E-state index in [-0.39, 0.29) is 17.7 Å². The molecule has 1 heterocycles. The van der Waals surface area contributed by atoms with Crippen molar-refractivity contribution < 1.29 is 37.0 Å². The minimum Gasteiger partial charge on any atom is -0.385 e. The van der Waals surface area contributed by atoms with E-state index in [2.05, 4.69) is 4.74 Å². The summed E-state index contributed by atoms with van der Waals surface area (Å²) in [5.41, 5.74) is 6.46. The van der Waals surface area contributed by atoms with Crippen LogP contribution in [0, 0.1) is 5.41 Å². The SMILES string of the molecule is CCC(C(=O)c1ccc(C(=N)N)cc1)N1CCC(OCC(=O)OC(=O)C(F)(F)F)CC1. The van der Waals surface area contributed by atoms with Crippen LogP contribution in [0.2, 0.25) is 0 Å². The van der Waals surface area contributed by atoms with Gasteiger partial charge in [0.25, 0.3) is 0 Å². The number of esters is 2. The molecule has 0 saturated carbocycles. The van der Waals surface area contributed by atoms with Gasteiger partial charge in [-0.25, -0.2) is 9.59 Å². The van der Waals surface area contributed by atoms with Gasteiger partial charge in [-0.15, -0.1) is 0 Å². The lowest BCUT2D eigenvalue weighted by atomic mass is 9.96. The van der Waals surface area contributed by atoms with E-state index in [1.54, 1.807) is 24.3 Å². The van der Waals surface area contributed by atoms with Crippen LogP contribution in [0.3, 0.4) is 0 Å². The normalized spacial score (nSPS) is 16.5. The smallest absolute Gasteiger partial charge is 0.385 e. The van der Waals surface area contributed by atoms with Crippen molar-refractivity contribution in [1.29, 1.82) is 5.41 Å². The van der Waals surface area contributed by atoms with E-state index >= 15 is 0 Å². The van der Waals surface area contributed by atoms with Crippen LogP contribution < -0.4 is 5.73 Å². The van der Waals surface area contributed by atoms with Crippen molar-refractivity contribution in [3.05, 3.63) is 35.4 Å². The number of alkyl halides is 3. The number of carbonyl (C=O) groups is 3. The van der Waals surface area contributed by atoms with Crippen molar-refractivity contribution in [3.8, 4) is 0 Å². The Morgan fingerprint density at radius 2 is 1.71 bits per heavy atom. The number of likely N-dealkylation sites (tertiary alicyclic amines) is 1. The molecule has 0 aromatic heterocycles. The van der Waals surface area contributed by atoms with Crippen molar-refractivity contribution in [2.45, 2.75) is 44.5 Å². The van der Waals surface area contributed by atoms with E-state index in [4.69, 9.17) is 15.9 Å². The number of hydrogen-bond donors (Lipinski definition) is 2. The average molecular weight is 443 g/mol. The zero-order chi connectivity index (χ0) is 23.2. The number of rotatable bonds is 8. The summed E-state index contributed by atoms with van der Waals surface area (Å²) in [7, 11) is 0. The summed E-state index contributed by atoms with van der Waals surface area (Å²) >= 11 is 0. The first-order valence-corrected chi connectivity index (χ1v) is 9.69. The Balaban J connectivity index is 1.84. The Labute approximate surface area is 177 Å².